The van der Waals surface area contributed by atoms with Gasteiger partial charge in [0.05, 0.1) is 11.0 Å². The number of hydrogen-bond acceptors (Lipinski definition) is 1. The van der Waals surface area contributed by atoms with Crippen LogP contribution in [-0.4, -0.2) is 4.57 Å². The molecular formula is C70H46N2. The topological polar surface area (TPSA) is 8.17 Å². The van der Waals surface area contributed by atoms with Crippen molar-refractivity contribution in [1.29, 1.82) is 0 Å². The van der Waals surface area contributed by atoms with Crippen molar-refractivity contribution in [3.63, 3.8) is 0 Å². The zero-order chi connectivity index (χ0) is 47.5. The average Bonchev–Trinajstić information content (AvgIpc) is 3.80. The highest BCUT2D eigenvalue weighted by Gasteiger charge is 2.21. The lowest BCUT2D eigenvalue weighted by Crippen LogP contribution is -2.10. The maximum absolute atomic E-state index is 2.43. The lowest BCUT2D eigenvalue weighted by atomic mass is 9.84. The summed E-state index contributed by atoms with van der Waals surface area (Å²) in [7, 11) is 0. The second-order valence-corrected chi connectivity index (χ2v) is 18.8. The summed E-state index contributed by atoms with van der Waals surface area (Å²) in [5.41, 5.74) is 16.4. The maximum Gasteiger partial charge on any atom is 0.0619 e. The zero-order valence-corrected chi connectivity index (χ0v) is 39.5. The minimum absolute atomic E-state index is 1.08. The van der Waals surface area contributed by atoms with Crippen LogP contribution in [0.4, 0.5) is 17.1 Å². The van der Waals surface area contributed by atoms with Gasteiger partial charge in [-0.15, -0.1) is 0 Å². The molecule has 0 aliphatic rings. The fourth-order valence-electron chi connectivity index (χ4n) is 11.5. The molecule has 13 aromatic carbocycles. The monoisotopic (exact) mass is 914 g/mol. The molecule has 0 fully saturated rings. The first-order valence-corrected chi connectivity index (χ1v) is 24.8. The molecule has 1 heterocycles. The minimum atomic E-state index is 1.08. The Bertz CT molecular complexity index is 4360. The molecule has 336 valence electrons. The van der Waals surface area contributed by atoms with E-state index in [2.05, 4.69) is 289 Å². The lowest BCUT2D eigenvalue weighted by molar-refractivity contribution is 1.18. The first-order valence-electron chi connectivity index (χ1n) is 24.8. The van der Waals surface area contributed by atoms with Crippen LogP contribution < -0.4 is 4.90 Å². The van der Waals surface area contributed by atoms with Gasteiger partial charge in [-0.1, -0.05) is 218 Å². The third-order valence-electron chi connectivity index (χ3n) is 14.7. The predicted molar refractivity (Wildman–Crippen MR) is 307 cm³/mol. The van der Waals surface area contributed by atoms with Gasteiger partial charge in [-0.25, -0.2) is 0 Å². The van der Waals surface area contributed by atoms with Gasteiger partial charge >= 0.3 is 0 Å². The first-order chi connectivity index (χ1) is 35.7. The van der Waals surface area contributed by atoms with Crippen LogP contribution >= 0.6 is 0 Å². The quantitative estimate of drug-likeness (QED) is 0.138. The molecule has 0 spiro atoms. The van der Waals surface area contributed by atoms with Gasteiger partial charge in [0.15, 0.2) is 0 Å². The Hall–Kier alpha value is -9.50. The number of benzene rings is 13. The first kappa shape index (κ1) is 41.5. The highest BCUT2D eigenvalue weighted by Crippen LogP contribution is 2.47. The number of rotatable bonds is 8. The molecule has 1 aromatic heterocycles. The summed E-state index contributed by atoms with van der Waals surface area (Å²) in [4.78, 5) is 2.42. The summed E-state index contributed by atoms with van der Waals surface area (Å²) in [6, 6.07) is 102. The van der Waals surface area contributed by atoms with Crippen molar-refractivity contribution in [1.82, 2.24) is 4.57 Å². The van der Waals surface area contributed by atoms with Crippen LogP contribution in [0.25, 0.3) is 115 Å². The van der Waals surface area contributed by atoms with Crippen molar-refractivity contribution in [3.8, 4) is 50.2 Å². The average molecular weight is 915 g/mol. The second-order valence-electron chi connectivity index (χ2n) is 18.8. The molecule has 2 nitrogen and oxygen atoms in total. The van der Waals surface area contributed by atoms with Crippen molar-refractivity contribution >= 4 is 82.0 Å². The maximum atomic E-state index is 2.43. The Morgan fingerprint density at radius 3 is 1.56 bits per heavy atom. The SMILES string of the molecule is c1ccc(-c2c(-c3ccccc3)c3cc(-c4ccc(N(c5cccc(-c6cccc7c8ccccc8n(-c8ccccc8)c67)c5)c5ccc6c(ccc7ccccc76)c5)cc4)ccc3c3ccccc23)cc1. The summed E-state index contributed by atoms with van der Waals surface area (Å²) in [6.45, 7) is 0. The molecule has 0 saturated carbocycles. The van der Waals surface area contributed by atoms with Crippen molar-refractivity contribution in [2.75, 3.05) is 4.90 Å². The molecule has 14 aromatic rings. The Kier molecular flexibility index (Phi) is 9.89. The molecule has 72 heavy (non-hydrogen) atoms. The van der Waals surface area contributed by atoms with E-state index in [0.717, 1.165) is 33.9 Å². The van der Waals surface area contributed by atoms with Crippen LogP contribution in [0.2, 0.25) is 0 Å². The third kappa shape index (κ3) is 6.88. The fourth-order valence-corrected chi connectivity index (χ4v) is 11.5. The number of fused-ring (bicyclic) bond motifs is 9. The summed E-state index contributed by atoms with van der Waals surface area (Å²) in [6.07, 6.45) is 0. The Labute approximate surface area is 418 Å². The summed E-state index contributed by atoms with van der Waals surface area (Å²) in [5.74, 6) is 0. The molecule has 0 radical (unpaired) electrons. The molecule has 2 heteroatoms. The van der Waals surface area contributed by atoms with Crippen LogP contribution in [0, 0.1) is 0 Å². The Balaban J connectivity index is 0.939. The van der Waals surface area contributed by atoms with E-state index in [1.807, 2.05) is 0 Å². The van der Waals surface area contributed by atoms with Crippen molar-refractivity contribution in [2.24, 2.45) is 0 Å². The minimum Gasteiger partial charge on any atom is -0.310 e. The van der Waals surface area contributed by atoms with E-state index in [9.17, 15) is 0 Å². The number of nitrogens with zero attached hydrogens (tertiary/aromatic N) is 2. The smallest absolute Gasteiger partial charge is 0.0619 e. The van der Waals surface area contributed by atoms with Crippen LogP contribution in [0.3, 0.4) is 0 Å². The number of aromatic nitrogens is 1. The normalized spacial score (nSPS) is 11.6. The molecule has 0 saturated heterocycles. The van der Waals surface area contributed by atoms with Gasteiger partial charge in [-0.05, 0) is 143 Å². The highest BCUT2D eigenvalue weighted by atomic mass is 15.1. The standard InChI is InChI=1S/C70H46N2/c1-4-19-49(20-5-1)68-64-30-13-12-28-61(64)62-42-38-51(46-66(62)69(68)50-21-6-2-7-22-50)47-36-39-55(40-37-47)71(57-41-43-59-53(45-57)35-34-48-18-10-11-27-58(48)59)56-26-16-23-52(44-56)60-31-17-32-65-63-29-14-15-33-67(63)72(70(60)65)54-24-8-3-9-25-54/h1-46H. The van der Waals surface area contributed by atoms with Gasteiger partial charge in [-0.3, -0.25) is 0 Å². The van der Waals surface area contributed by atoms with Crippen LogP contribution in [-0.2, 0) is 0 Å². The van der Waals surface area contributed by atoms with E-state index in [-0.39, 0.29) is 0 Å². The van der Waals surface area contributed by atoms with Gasteiger partial charge < -0.3 is 9.47 Å². The molecule has 0 N–H and O–H groups in total. The largest absolute Gasteiger partial charge is 0.310 e. The number of hydrogen-bond donors (Lipinski definition) is 0. The predicted octanol–water partition coefficient (Wildman–Crippen LogP) is 19.5. The van der Waals surface area contributed by atoms with Gasteiger partial charge in [0.25, 0.3) is 0 Å². The second kappa shape index (κ2) is 17.2. The molecule has 0 amide bonds. The van der Waals surface area contributed by atoms with Crippen LogP contribution in [0.1, 0.15) is 0 Å². The van der Waals surface area contributed by atoms with Crippen molar-refractivity contribution in [2.45, 2.75) is 0 Å². The molecule has 0 aliphatic heterocycles. The highest BCUT2D eigenvalue weighted by molar-refractivity contribution is 6.22. The van der Waals surface area contributed by atoms with Gasteiger partial charge in [0.2, 0.25) is 0 Å². The van der Waals surface area contributed by atoms with Gasteiger partial charge in [0, 0.05) is 39.1 Å². The molecule has 0 unspecified atom stereocenters. The van der Waals surface area contributed by atoms with E-state index in [4.69, 9.17) is 0 Å². The molecule has 14 rings (SSSR count). The molecular weight excluding hydrogens is 869 g/mol. The molecule has 0 aliphatic carbocycles. The Morgan fingerprint density at radius 1 is 0.250 bits per heavy atom. The van der Waals surface area contributed by atoms with E-state index in [0.29, 0.717) is 0 Å². The van der Waals surface area contributed by atoms with Gasteiger partial charge in [-0.2, -0.15) is 0 Å². The van der Waals surface area contributed by atoms with E-state index in [1.165, 1.54) is 98.3 Å². The zero-order valence-electron chi connectivity index (χ0n) is 39.5. The molecule has 0 bridgehead atoms. The van der Waals surface area contributed by atoms with E-state index >= 15 is 0 Å². The fraction of sp³-hybridized carbons (Fsp3) is 0. The summed E-state index contributed by atoms with van der Waals surface area (Å²) in [5, 5.41) is 12.4. The third-order valence-corrected chi connectivity index (χ3v) is 14.7. The number of para-hydroxylation sites is 3. The summed E-state index contributed by atoms with van der Waals surface area (Å²) < 4.78 is 2.43. The van der Waals surface area contributed by atoms with Crippen LogP contribution in [0.5, 0.6) is 0 Å². The van der Waals surface area contributed by atoms with Crippen molar-refractivity contribution < 1.29 is 0 Å². The summed E-state index contributed by atoms with van der Waals surface area (Å²) >= 11 is 0. The van der Waals surface area contributed by atoms with Crippen molar-refractivity contribution in [3.05, 3.63) is 279 Å². The van der Waals surface area contributed by atoms with Crippen LogP contribution in [0.15, 0.2) is 279 Å². The molecule has 0 atom stereocenters. The van der Waals surface area contributed by atoms with Gasteiger partial charge in [0.1, 0.15) is 0 Å². The lowest BCUT2D eigenvalue weighted by Gasteiger charge is -2.27. The number of anilines is 3. The Morgan fingerprint density at radius 2 is 0.778 bits per heavy atom. The van der Waals surface area contributed by atoms with E-state index < -0.39 is 0 Å². The van der Waals surface area contributed by atoms with E-state index in [1.54, 1.807) is 0 Å².